The summed E-state index contributed by atoms with van der Waals surface area (Å²) < 4.78 is 6.62. The summed E-state index contributed by atoms with van der Waals surface area (Å²) in [5.74, 6) is 0.461. The monoisotopic (exact) mass is 306 g/mol. The predicted octanol–water partition coefficient (Wildman–Crippen LogP) is 3.70. The van der Waals surface area contributed by atoms with E-state index in [1.54, 1.807) is 0 Å². The van der Waals surface area contributed by atoms with E-state index in [-0.39, 0.29) is 12.5 Å². The highest BCUT2D eigenvalue weighted by Gasteiger charge is 2.14. The summed E-state index contributed by atoms with van der Waals surface area (Å²) in [6.45, 7) is 2.19. The minimum absolute atomic E-state index is 0.138. The lowest BCUT2D eigenvalue weighted by Crippen LogP contribution is -2.11. The second-order valence-electron chi connectivity index (χ2n) is 5.39. The van der Waals surface area contributed by atoms with Crippen molar-refractivity contribution in [3.63, 3.8) is 0 Å². The van der Waals surface area contributed by atoms with Gasteiger partial charge in [0.25, 0.3) is 0 Å². The van der Waals surface area contributed by atoms with Gasteiger partial charge in [0, 0.05) is 17.3 Å². The Morgan fingerprint density at radius 2 is 1.83 bits per heavy atom. The Hall–Kier alpha value is -2.88. The summed E-state index contributed by atoms with van der Waals surface area (Å²) in [5, 5.41) is 0. The van der Waals surface area contributed by atoms with Crippen molar-refractivity contribution in [2.75, 3.05) is 7.11 Å². The van der Waals surface area contributed by atoms with Crippen LogP contribution in [0.25, 0.3) is 22.6 Å². The molecule has 0 fully saturated rings. The van der Waals surface area contributed by atoms with Crippen molar-refractivity contribution in [2.45, 2.75) is 13.5 Å². The molecule has 0 aliphatic carbocycles. The van der Waals surface area contributed by atoms with Gasteiger partial charge < -0.3 is 9.30 Å². The van der Waals surface area contributed by atoms with Gasteiger partial charge in [0.2, 0.25) is 0 Å². The molecule has 4 nitrogen and oxygen atoms in total. The molecule has 0 spiro atoms. The van der Waals surface area contributed by atoms with E-state index >= 15 is 0 Å². The van der Waals surface area contributed by atoms with Gasteiger partial charge in [-0.3, -0.25) is 4.79 Å². The van der Waals surface area contributed by atoms with E-state index in [2.05, 4.69) is 6.07 Å². The van der Waals surface area contributed by atoms with Crippen LogP contribution in [0.5, 0.6) is 0 Å². The second-order valence-corrected chi connectivity index (χ2v) is 5.39. The number of hydrogen-bond acceptors (Lipinski definition) is 3. The van der Waals surface area contributed by atoms with Gasteiger partial charge in [-0.1, -0.05) is 54.1 Å². The Morgan fingerprint density at radius 1 is 1.09 bits per heavy atom. The Kier molecular flexibility index (Phi) is 4.24. The molecule has 0 saturated heterocycles. The number of aromatic nitrogens is 2. The summed E-state index contributed by atoms with van der Waals surface area (Å²) in [5.41, 5.74) is 4.02. The Labute approximate surface area is 135 Å². The third kappa shape index (κ3) is 3.31. The minimum atomic E-state index is -0.296. The molecule has 0 radical (unpaired) electrons. The van der Waals surface area contributed by atoms with Crippen LogP contribution in [0, 0.1) is 6.92 Å². The molecule has 1 heterocycles. The summed E-state index contributed by atoms with van der Waals surface area (Å²) in [6.07, 6.45) is 1.90. The number of carbonyl (C=O) groups excluding carboxylic acids is 1. The molecule has 3 aromatic rings. The number of esters is 1. The fourth-order valence-electron chi connectivity index (χ4n) is 2.50. The average Bonchev–Trinajstić information content (AvgIpc) is 2.99. The molecular formula is C19H18N2O2. The highest BCUT2D eigenvalue weighted by molar-refractivity contribution is 5.72. The molecule has 0 bridgehead atoms. The normalized spacial score (nSPS) is 10.5. The predicted molar refractivity (Wildman–Crippen MR) is 89.9 cm³/mol. The topological polar surface area (TPSA) is 44.1 Å². The number of benzene rings is 2. The van der Waals surface area contributed by atoms with E-state index < -0.39 is 0 Å². The maximum absolute atomic E-state index is 11.7. The molecule has 3 rings (SSSR count). The molecule has 0 saturated carbocycles. The van der Waals surface area contributed by atoms with Crippen molar-refractivity contribution in [3.05, 3.63) is 66.4 Å². The second kappa shape index (κ2) is 6.48. The Balaban J connectivity index is 2.08. The first-order valence-electron chi connectivity index (χ1n) is 7.44. The van der Waals surface area contributed by atoms with Crippen LogP contribution >= 0.6 is 0 Å². The lowest BCUT2D eigenvalue weighted by molar-refractivity contribution is -0.141. The molecule has 4 heteroatoms. The van der Waals surface area contributed by atoms with Crippen LogP contribution in [0.15, 0.2) is 60.8 Å². The van der Waals surface area contributed by atoms with E-state index in [4.69, 9.17) is 9.72 Å². The van der Waals surface area contributed by atoms with Gasteiger partial charge in [0.15, 0.2) is 0 Å². The fourth-order valence-corrected chi connectivity index (χ4v) is 2.50. The number of carbonyl (C=O) groups is 1. The van der Waals surface area contributed by atoms with Crippen LogP contribution in [0.3, 0.4) is 0 Å². The van der Waals surface area contributed by atoms with Crippen LogP contribution in [0.2, 0.25) is 0 Å². The van der Waals surface area contributed by atoms with Crippen molar-refractivity contribution in [3.8, 4) is 22.6 Å². The van der Waals surface area contributed by atoms with Gasteiger partial charge in [0.1, 0.15) is 12.4 Å². The summed E-state index contributed by atoms with van der Waals surface area (Å²) in [6, 6.07) is 18.0. The zero-order chi connectivity index (χ0) is 16.2. The maximum Gasteiger partial charge on any atom is 0.325 e. The van der Waals surface area contributed by atoms with Gasteiger partial charge in [-0.05, 0) is 13.0 Å². The standard InChI is InChI=1S/C19H18N2O2/c1-14-7-6-10-16(11-14)17-12-21(13-18(22)23-2)19(20-17)15-8-4-3-5-9-15/h3-12H,13H2,1-2H3. The van der Waals surface area contributed by atoms with Crippen LogP contribution in [-0.4, -0.2) is 22.6 Å². The number of rotatable bonds is 4. The molecule has 1 aromatic heterocycles. The SMILES string of the molecule is COC(=O)Cn1cc(-c2cccc(C)c2)nc1-c1ccccc1. The van der Waals surface area contributed by atoms with Crippen molar-refractivity contribution in [2.24, 2.45) is 0 Å². The molecule has 0 aliphatic heterocycles. The van der Waals surface area contributed by atoms with Gasteiger partial charge in [-0.15, -0.1) is 0 Å². The number of methoxy groups -OCH3 is 1. The highest BCUT2D eigenvalue weighted by atomic mass is 16.5. The van der Waals surface area contributed by atoms with Crippen LogP contribution in [0.4, 0.5) is 0 Å². The third-order valence-corrected chi connectivity index (χ3v) is 3.65. The number of hydrogen-bond donors (Lipinski definition) is 0. The van der Waals surface area contributed by atoms with Gasteiger partial charge in [0.05, 0.1) is 12.8 Å². The molecule has 2 aromatic carbocycles. The van der Waals surface area contributed by atoms with Gasteiger partial charge in [-0.2, -0.15) is 0 Å². The zero-order valence-corrected chi connectivity index (χ0v) is 13.2. The maximum atomic E-state index is 11.7. The van der Waals surface area contributed by atoms with Crippen LogP contribution < -0.4 is 0 Å². The Bertz CT molecular complexity index is 822. The molecule has 0 aliphatic rings. The minimum Gasteiger partial charge on any atom is -0.468 e. The van der Waals surface area contributed by atoms with E-state index in [9.17, 15) is 4.79 Å². The number of imidazole rings is 1. The number of ether oxygens (including phenoxy) is 1. The number of aryl methyl sites for hydroxylation is 1. The van der Waals surface area contributed by atoms with Gasteiger partial charge in [-0.25, -0.2) is 4.98 Å². The number of nitrogens with zero attached hydrogens (tertiary/aromatic N) is 2. The van der Waals surface area contributed by atoms with E-state index in [1.807, 2.05) is 66.2 Å². The molecule has 0 unspecified atom stereocenters. The first-order valence-corrected chi connectivity index (χ1v) is 7.44. The quantitative estimate of drug-likeness (QED) is 0.690. The zero-order valence-electron chi connectivity index (χ0n) is 13.2. The van der Waals surface area contributed by atoms with Crippen molar-refractivity contribution < 1.29 is 9.53 Å². The molecule has 0 amide bonds. The van der Waals surface area contributed by atoms with E-state index in [0.717, 1.165) is 22.6 Å². The first-order chi connectivity index (χ1) is 11.2. The third-order valence-electron chi connectivity index (χ3n) is 3.65. The molecule has 23 heavy (non-hydrogen) atoms. The summed E-state index contributed by atoms with van der Waals surface area (Å²) in [7, 11) is 1.39. The molecule has 0 atom stereocenters. The van der Waals surface area contributed by atoms with Crippen molar-refractivity contribution >= 4 is 5.97 Å². The van der Waals surface area contributed by atoms with E-state index in [0.29, 0.717) is 0 Å². The van der Waals surface area contributed by atoms with E-state index in [1.165, 1.54) is 12.7 Å². The highest BCUT2D eigenvalue weighted by Crippen LogP contribution is 2.25. The summed E-state index contributed by atoms with van der Waals surface area (Å²) in [4.78, 5) is 16.4. The molecular weight excluding hydrogens is 288 g/mol. The van der Waals surface area contributed by atoms with Crippen molar-refractivity contribution in [1.82, 2.24) is 9.55 Å². The van der Waals surface area contributed by atoms with Crippen molar-refractivity contribution in [1.29, 1.82) is 0 Å². The summed E-state index contributed by atoms with van der Waals surface area (Å²) >= 11 is 0. The van der Waals surface area contributed by atoms with Gasteiger partial charge >= 0.3 is 5.97 Å². The van der Waals surface area contributed by atoms with Crippen LogP contribution in [0.1, 0.15) is 5.56 Å². The van der Waals surface area contributed by atoms with Crippen LogP contribution in [-0.2, 0) is 16.1 Å². The lowest BCUT2D eigenvalue weighted by atomic mass is 10.1. The lowest BCUT2D eigenvalue weighted by Gasteiger charge is -2.05. The molecule has 116 valence electrons. The fraction of sp³-hybridized carbons (Fsp3) is 0.158. The smallest absolute Gasteiger partial charge is 0.325 e. The largest absolute Gasteiger partial charge is 0.468 e. The molecule has 0 N–H and O–H groups in total. The Morgan fingerprint density at radius 3 is 2.52 bits per heavy atom. The first kappa shape index (κ1) is 15.0. The average molecular weight is 306 g/mol.